The maximum atomic E-state index is 15.0. The van der Waals surface area contributed by atoms with Gasteiger partial charge in [-0.1, -0.05) is 88.4 Å². The summed E-state index contributed by atoms with van der Waals surface area (Å²) in [6, 6.07) is 17.2. The Labute approximate surface area is 181 Å². The van der Waals surface area contributed by atoms with E-state index in [1.165, 1.54) is 54.9 Å². The van der Waals surface area contributed by atoms with Gasteiger partial charge in [0, 0.05) is 5.92 Å². The van der Waals surface area contributed by atoms with E-state index in [4.69, 9.17) is 0 Å². The monoisotopic (exact) mass is 405 g/mol. The topological polar surface area (TPSA) is 23.8 Å². The lowest BCUT2D eigenvalue weighted by molar-refractivity contribution is 0.0506. The fourth-order valence-corrected chi connectivity index (χ4v) is 6.89. The minimum absolute atomic E-state index is 0.0101. The largest absolute Gasteiger partial charge is 0.246 e. The van der Waals surface area contributed by atoms with Crippen molar-refractivity contribution in [3.63, 3.8) is 0 Å². The van der Waals surface area contributed by atoms with Gasteiger partial charge in [-0.15, -0.1) is 0 Å². The third-order valence-corrected chi connectivity index (χ3v) is 8.32. The molecule has 0 radical (unpaired) electrons. The molecule has 30 heavy (non-hydrogen) atoms. The van der Waals surface area contributed by atoms with E-state index in [2.05, 4.69) is 62.4 Å². The van der Waals surface area contributed by atoms with E-state index in [1.54, 1.807) is 0 Å². The molecular formula is C28H36FN. The summed E-state index contributed by atoms with van der Waals surface area (Å²) in [4.78, 5) is 0. The van der Waals surface area contributed by atoms with Crippen LogP contribution in [0.2, 0.25) is 0 Å². The number of benzene rings is 2. The Morgan fingerprint density at radius 2 is 1.77 bits per heavy atom. The van der Waals surface area contributed by atoms with Crippen molar-refractivity contribution < 1.29 is 4.39 Å². The Morgan fingerprint density at radius 3 is 2.57 bits per heavy atom. The molecule has 0 bridgehead atoms. The molecule has 2 aliphatic carbocycles. The van der Waals surface area contributed by atoms with Crippen LogP contribution in [0.3, 0.4) is 0 Å². The van der Waals surface area contributed by atoms with Crippen LogP contribution in [0.4, 0.5) is 4.39 Å². The molecule has 0 aromatic heterocycles. The second-order valence-electron chi connectivity index (χ2n) is 9.86. The molecule has 0 aliphatic heterocycles. The van der Waals surface area contributed by atoms with Gasteiger partial charge < -0.3 is 0 Å². The first-order valence-electron chi connectivity index (χ1n) is 12.2. The highest BCUT2D eigenvalue weighted by molar-refractivity contribution is 5.86. The molecule has 7 atom stereocenters. The van der Waals surface area contributed by atoms with E-state index in [9.17, 15) is 5.26 Å². The van der Waals surface area contributed by atoms with Crippen molar-refractivity contribution in [2.75, 3.05) is 0 Å². The molecule has 2 heteroatoms. The zero-order chi connectivity index (χ0) is 21.1. The Morgan fingerprint density at radius 1 is 1.00 bits per heavy atom. The highest BCUT2D eigenvalue weighted by Crippen LogP contribution is 2.52. The molecule has 7 unspecified atom stereocenters. The summed E-state index contributed by atoms with van der Waals surface area (Å²) in [5.41, 5.74) is 1.20. The van der Waals surface area contributed by atoms with Crippen LogP contribution >= 0.6 is 0 Å². The van der Waals surface area contributed by atoms with E-state index >= 15 is 4.39 Å². The summed E-state index contributed by atoms with van der Waals surface area (Å²) in [5.74, 6) is 1.89. The molecule has 1 nitrogen and oxygen atoms in total. The Bertz CT molecular complexity index is 876. The fraction of sp³-hybridized carbons (Fsp3) is 0.607. The predicted molar refractivity (Wildman–Crippen MR) is 123 cm³/mol. The van der Waals surface area contributed by atoms with Gasteiger partial charge in [0.25, 0.3) is 0 Å². The average molecular weight is 406 g/mol. The fourth-order valence-electron chi connectivity index (χ4n) is 6.89. The van der Waals surface area contributed by atoms with Crippen molar-refractivity contribution in [3.05, 3.63) is 48.0 Å². The van der Waals surface area contributed by atoms with Crippen molar-refractivity contribution >= 4 is 10.8 Å². The molecule has 4 rings (SSSR count). The van der Waals surface area contributed by atoms with Crippen LogP contribution in [0.25, 0.3) is 10.8 Å². The van der Waals surface area contributed by atoms with Crippen LogP contribution in [0, 0.1) is 40.9 Å². The van der Waals surface area contributed by atoms with Gasteiger partial charge in [0.1, 0.15) is 6.17 Å². The maximum absolute atomic E-state index is 15.0. The van der Waals surface area contributed by atoms with Gasteiger partial charge in [-0.2, -0.15) is 5.26 Å². The lowest BCUT2D eigenvalue weighted by Gasteiger charge is -2.46. The minimum atomic E-state index is -1.01. The summed E-state index contributed by atoms with van der Waals surface area (Å²) in [5, 5.41) is 12.4. The van der Waals surface area contributed by atoms with E-state index in [1.807, 2.05) is 0 Å². The smallest absolute Gasteiger partial charge is 0.116 e. The maximum Gasteiger partial charge on any atom is 0.116 e. The third-order valence-electron chi connectivity index (χ3n) is 8.32. The van der Waals surface area contributed by atoms with Gasteiger partial charge in [-0.05, 0) is 59.3 Å². The van der Waals surface area contributed by atoms with Gasteiger partial charge in [0.05, 0.1) is 12.0 Å². The Kier molecular flexibility index (Phi) is 6.77. The van der Waals surface area contributed by atoms with Crippen LogP contribution in [0.15, 0.2) is 42.5 Å². The van der Waals surface area contributed by atoms with Gasteiger partial charge in [0.2, 0.25) is 0 Å². The molecule has 2 saturated carbocycles. The van der Waals surface area contributed by atoms with E-state index in [0.29, 0.717) is 18.3 Å². The summed E-state index contributed by atoms with van der Waals surface area (Å²) >= 11 is 0. The second-order valence-corrected chi connectivity index (χ2v) is 9.86. The number of fused-ring (bicyclic) bond motifs is 1. The molecule has 0 N–H and O–H groups in total. The summed E-state index contributed by atoms with van der Waals surface area (Å²) < 4.78 is 15.0. The normalized spacial score (nSPS) is 33.1. The molecule has 0 spiro atoms. The van der Waals surface area contributed by atoms with Crippen molar-refractivity contribution in [2.24, 2.45) is 29.6 Å². The van der Waals surface area contributed by atoms with Crippen LogP contribution < -0.4 is 0 Å². The number of nitrogens with zero attached hydrogens (tertiary/aromatic N) is 1. The number of halogens is 1. The van der Waals surface area contributed by atoms with E-state index < -0.39 is 12.1 Å². The van der Waals surface area contributed by atoms with Gasteiger partial charge in [-0.25, -0.2) is 4.39 Å². The Balaban J connectivity index is 1.74. The first-order valence-corrected chi connectivity index (χ1v) is 12.2. The SMILES string of the molecule is CCCC1CCCCC1C(C)C1CCC(F)C(C#N)C1c1cccc2ccccc12. The average Bonchev–Trinajstić information content (AvgIpc) is 2.78. The molecule has 2 aromatic rings. The third kappa shape index (κ3) is 4.01. The molecule has 160 valence electrons. The van der Waals surface area contributed by atoms with Crippen molar-refractivity contribution in [1.29, 1.82) is 5.26 Å². The Hall–Kier alpha value is -1.88. The molecule has 0 amide bonds. The van der Waals surface area contributed by atoms with E-state index in [0.717, 1.165) is 18.3 Å². The first kappa shape index (κ1) is 21.4. The van der Waals surface area contributed by atoms with Crippen LogP contribution in [0.5, 0.6) is 0 Å². The summed E-state index contributed by atoms with van der Waals surface area (Å²) in [6.45, 7) is 4.73. The zero-order valence-corrected chi connectivity index (χ0v) is 18.6. The quantitative estimate of drug-likeness (QED) is 0.493. The van der Waals surface area contributed by atoms with Gasteiger partial charge in [0.15, 0.2) is 0 Å². The lowest BCUT2D eigenvalue weighted by atomic mass is 9.58. The predicted octanol–water partition coefficient (Wildman–Crippen LogP) is 8.05. The zero-order valence-electron chi connectivity index (χ0n) is 18.6. The molecular weight excluding hydrogens is 369 g/mol. The molecule has 0 heterocycles. The summed E-state index contributed by atoms with van der Waals surface area (Å²) in [6.07, 6.45) is 8.34. The minimum Gasteiger partial charge on any atom is -0.246 e. The first-order chi connectivity index (χ1) is 14.7. The number of nitriles is 1. The molecule has 2 aromatic carbocycles. The van der Waals surface area contributed by atoms with Crippen LogP contribution in [-0.2, 0) is 0 Å². The standard InChI is InChI=1S/C28H36FN/c1-3-9-20-10-4-6-13-22(20)19(2)23-16-17-27(29)26(18-30)28(23)25-15-8-12-21-11-5-7-14-24(21)25/h5,7-8,11-12,14-15,19-20,22-23,26-28H,3-4,6,9-10,13,16-17H2,1-2H3. The van der Waals surface area contributed by atoms with Crippen molar-refractivity contribution in [3.8, 4) is 6.07 Å². The molecule has 2 aliphatic rings. The summed E-state index contributed by atoms with van der Waals surface area (Å²) in [7, 11) is 0. The highest BCUT2D eigenvalue weighted by Gasteiger charge is 2.46. The number of hydrogen-bond donors (Lipinski definition) is 0. The van der Waals surface area contributed by atoms with Crippen LogP contribution in [0.1, 0.15) is 76.7 Å². The highest BCUT2D eigenvalue weighted by atomic mass is 19.1. The molecule has 2 fully saturated rings. The lowest BCUT2D eigenvalue weighted by Crippen LogP contribution is -2.40. The van der Waals surface area contributed by atoms with Crippen LogP contribution in [-0.4, -0.2) is 6.17 Å². The second kappa shape index (κ2) is 9.51. The number of rotatable bonds is 5. The van der Waals surface area contributed by atoms with E-state index in [-0.39, 0.29) is 5.92 Å². The van der Waals surface area contributed by atoms with Gasteiger partial charge in [-0.3, -0.25) is 0 Å². The van der Waals surface area contributed by atoms with Crippen molar-refractivity contribution in [2.45, 2.75) is 77.3 Å². The van der Waals surface area contributed by atoms with Gasteiger partial charge >= 0.3 is 0 Å². The number of alkyl halides is 1. The molecule has 0 saturated heterocycles. The number of hydrogen-bond acceptors (Lipinski definition) is 1. The van der Waals surface area contributed by atoms with Crippen molar-refractivity contribution in [1.82, 2.24) is 0 Å².